The van der Waals surface area contributed by atoms with E-state index in [0.717, 1.165) is 57.3 Å². The third-order valence-corrected chi connectivity index (χ3v) is 7.02. The number of likely N-dealkylation sites (N-methyl/N-ethyl adjacent to an activating group) is 1. The average molecular weight is 417 g/mol. The molecule has 0 N–H and O–H groups in total. The summed E-state index contributed by atoms with van der Waals surface area (Å²) < 4.78 is 1.96. The molecule has 28 heavy (non-hydrogen) atoms. The molecular formula is C21H25ClN4OS. The fourth-order valence-corrected chi connectivity index (χ4v) is 5.15. The molecule has 1 fully saturated rings. The molecule has 4 rings (SSSR count). The van der Waals surface area contributed by atoms with Gasteiger partial charge in [0.05, 0.1) is 17.1 Å². The van der Waals surface area contributed by atoms with E-state index in [4.69, 9.17) is 11.6 Å². The minimum Gasteiger partial charge on any atom is -0.336 e. The van der Waals surface area contributed by atoms with E-state index in [9.17, 15) is 4.79 Å². The summed E-state index contributed by atoms with van der Waals surface area (Å²) in [5.41, 5.74) is 1.97. The molecule has 1 aliphatic rings. The van der Waals surface area contributed by atoms with Gasteiger partial charge in [0.2, 0.25) is 0 Å². The number of thiophene rings is 1. The van der Waals surface area contributed by atoms with Crippen LogP contribution in [0.15, 0.2) is 30.3 Å². The number of hydrogen-bond donors (Lipinski definition) is 0. The monoisotopic (exact) mass is 416 g/mol. The maximum Gasteiger partial charge on any atom is 0.264 e. The molecule has 3 heterocycles. The van der Waals surface area contributed by atoms with E-state index in [1.165, 1.54) is 11.3 Å². The third kappa shape index (κ3) is 3.69. The van der Waals surface area contributed by atoms with E-state index in [-0.39, 0.29) is 5.91 Å². The maximum atomic E-state index is 13.1. The van der Waals surface area contributed by atoms with Crippen LogP contribution in [0.2, 0.25) is 5.02 Å². The number of rotatable bonds is 4. The lowest BCUT2D eigenvalue weighted by Gasteiger charge is -2.35. The average Bonchev–Trinajstić information content (AvgIpc) is 3.24. The number of likely N-dealkylation sites (tertiary alicyclic amines) is 1. The minimum atomic E-state index is 0.136. The van der Waals surface area contributed by atoms with Gasteiger partial charge in [-0.1, -0.05) is 29.8 Å². The molecule has 148 valence electrons. The summed E-state index contributed by atoms with van der Waals surface area (Å²) >= 11 is 7.86. The highest BCUT2D eigenvalue weighted by Crippen LogP contribution is 2.31. The Bertz CT molecular complexity index is 1010. The Labute approximate surface area is 174 Å². The SMILES string of the molecule is Cc1nn(Cc2ccccc2Cl)c2sc(C(=O)N3CCCC(N(C)C)C3)cc12. The lowest BCUT2D eigenvalue weighted by molar-refractivity contribution is 0.0640. The zero-order chi connectivity index (χ0) is 19.8. The van der Waals surface area contributed by atoms with E-state index < -0.39 is 0 Å². The highest BCUT2D eigenvalue weighted by Gasteiger charge is 2.27. The Kier molecular flexibility index (Phi) is 5.45. The molecule has 1 unspecified atom stereocenters. The second kappa shape index (κ2) is 7.85. The molecule has 5 nitrogen and oxygen atoms in total. The molecule has 1 saturated heterocycles. The van der Waals surface area contributed by atoms with Crippen molar-refractivity contribution < 1.29 is 4.79 Å². The first kappa shape index (κ1) is 19.4. The van der Waals surface area contributed by atoms with Crippen LogP contribution in [-0.2, 0) is 6.54 Å². The van der Waals surface area contributed by atoms with Crippen molar-refractivity contribution in [2.45, 2.75) is 32.4 Å². The maximum absolute atomic E-state index is 13.1. The van der Waals surface area contributed by atoms with E-state index >= 15 is 0 Å². The van der Waals surface area contributed by atoms with Crippen LogP contribution in [0.3, 0.4) is 0 Å². The zero-order valence-electron chi connectivity index (χ0n) is 16.5. The lowest BCUT2D eigenvalue weighted by atomic mass is 10.0. The lowest BCUT2D eigenvalue weighted by Crippen LogP contribution is -2.47. The number of piperidine rings is 1. The summed E-state index contributed by atoms with van der Waals surface area (Å²) in [4.78, 5) is 19.2. The predicted octanol–water partition coefficient (Wildman–Crippen LogP) is 4.27. The largest absolute Gasteiger partial charge is 0.336 e. The van der Waals surface area contributed by atoms with Gasteiger partial charge in [0.1, 0.15) is 4.83 Å². The van der Waals surface area contributed by atoms with Crippen LogP contribution in [0.5, 0.6) is 0 Å². The van der Waals surface area contributed by atoms with E-state index in [0.29, 0.717) is 12.6 Å². The first-order chi connectivity index (χ1) is 13.4. The Morgan fingerprint density at radius 2 is 2.14 bits per heavy atom. The van der Waals surface area contributed by atoms with Gasteiger partial charge >= 0.3 is 0 Å². The molecule has 0 aliphatic carbocycles. The molecule has 0 radical (unpaired) electrons. The minimum absolute atomic E-state index is 0.136. The number of benzene rings is 1. The van der Waals surface area contributed by atoms with Gasteiger partial charge in [-0.25, -0.2) is 0 Å². The molecule has 7 heteroatoms. The predicted molar refractivity (Wildman–Crippen MR) is 116 cm³/mol. The van der Waals surface area contributed by atoms with Gasteiger partial charge < -0.3 is 9.80 Å². The number of amides is 1. The molecule has 1 aliphatic heterocycles. The number of aromatic nitrogens is 2. The third-order valence-electron chi connectivity index (χ3n) is 5.51. The quantitative estimate of drug-likeness (QED) is 0.637. The Morgan fingerprint density at radius 1 is 1.36 bits per heavy atom. The van der Waals surface area contributed by atoms with Crippen molar-refractivity contribution in [3.8, 4) is 0 Å². The van der Waals surface area contributed by atoms with Crippen molar-refractivity contribution in [2.75, 3.05) is 27.2 Å². The Morgan fingerprint density at radius 3 is 2.89 bits per heavy atom. The number of nitrogens with zero attached hydrogens (tertiary/aromatic N) is 4. The van der Waals surface area contributed by atoms with Gasteiger partial charge in [-0.05, 0) is 51.6 Å². The molecule has 0 spiro atoms. The number of fused-ring (bicyclic) bond motifs is 1. The molecule has 0 bridgehead atoms. The van der Waals surface area contributed by atoms with Gasteiger partial charge in [-0.15, -0.1) is 11.3 Å². The van der Waals surface area contributed by atoms with Crippen molar-refractivity contribution >= 4 is 39.1 Å². The molecule has 1 amide bonds. The fraction of sp³-hybridized carbons (Fsp3) is 0.429. The van der Waals surface area contributed by atoms with Crippen LogP contribution < -0.4 is 0 Å². The fourth-order valence-electron chi connectivity index (χ4n) is 3.83. The van der Waals surface area contributed by atoms with Crippen molar-refractivity contribution in [1.82, 2.24) is 19.6 Å². The molecule has 0 saturated carbocycles. The summed E-state index contributed by atoms with van der Waals surface area (Å²) in [6, 6.07) is 10.3. The summed E-state index contributed by atoms with van der Waals surface area (Å²) in [5, 5.41) is 6.46. The van der Waals surface area contributed by atoms with Crippen LogP contribution in [-0.4, -0.2) is 58.7 Å². The highest BCUT2D eigenvalue weighted by atomic mass is 35.5. The van der Waals surface area contributed by atoms with Crippen LogP contribution in [0.1, 0.15) is 33.8 Å². The van der Waals surface area contributed by atoms with Crippen molar-refractivity contribution in [3.63, 3.8) is 0 Å². The summed E-state index contributed by atoms with van der Waals surface area (Å²) in [6.45, 7) is 4.23. The van der Waals surface area contributed by atoms with Crippen LogP contribution in [0, 0.1) is 6.92 Å². The normalized spacial score (nSPS) is 17.6. The topological polar surface area (TPSA) is 41.4 Å². The van der Waals surface area contributed by atoms with Gasteiger partial charge in [0.15, 0.2) is 0 Å². The molecule has 3 aromatic rings. The molecule has 2 aromatic heterocycles. The number of hydrogen-bond acceptors (Lipinski definition) is 4. The van der Waals surface area contributed by atoms with Crippen LogP contribution in [0.4, 0.5) is 0 Å². The standard InChI is InChI=1S/C21H25ClN4OS/c1-14-17-11-19(20(27)25-10-6-8-16(13-25)24(2)3)28-21(17)26(23-14)12-15-7-4-5-9-18(15)22/h4-5,7,9,11,16H,6,8,10,12-13H2,1-3H3. The number of halogens is 1. The highest BCUT2D eigenvalue weighted by molar-refractivity contribution is 7.20. The van der Waals surface area contributed by atoms with E-state index in [2.05, 4.69) is 24.1 Å². The van der Waals surface area contributed by atoms with Crippen molar-refractivity contribution in [2.24, 2.45) is 0 Å². The van der Waals surface area contributed by atoms with Crippen LogP contribution in [0.25, 0.3) is 10.2 Å². The Hall–Kier alpha value is -1.89. The van der Waals surface area contributed by atoms with E-state index in [1.54, 1.807) is 0 Å². The number of carbonyl (C=O) groups excluding carboxylic acids is 1. The second-order valence-corrected chi connectivity index (χ2v) is 9.11. The summed E-state index contributed by atoms with van der Waals surface area (Å²) in [7, 11) is 4.18. The Balaban J connectivity index is 1.61. The van der Waals surface area contributed by atoms with Gasteiger partial charge in [0.25, 0.3) is 5.91 Å². The van der Waals surface area contributed by atoms with E-state index in [1.807, 2.05) is 46.8 Å². The van der Waals surface area contributed by atoms with Crippen molar-refractivity contribution in [1.29, 1.82) is 0 Å². The molecular weight excluding hydrogens is 392 g/mol. The number of carbonyl (C=O) groups is 1. The second-order valence-electron chi connectivity index (χ2n) is 7.67. The smallest absolute Gasteiger partial charge is 0.264 e. The van der Waals surface area contributed by atoms with Gasteiger partial charge in [-0.3, -0.25) is 9.48 Å². The summed E-state index contributed by atoms with van der Waals surface area (Å²) in [6.07, 6.45) is 2.20. The van der Waals surface area contributed by atoms with Gasteiger partial charge in [-0.2, -0.15) is 5.10 Å². The van der Waals surface area contributed by atoms with Crippen LogP contribution >= 0.6 is 22.9 Å². The zero-order valence-corrected chi connectivity index (χ0v) is 18.1. The van der Waals surface area contributed by atoms with Crippen molar-refractivity contribution in [3.05, 3.63) is 51.5 Å². The molecule has 1 atom stereocenters. The molecule has 1 aromatic carbocycles. The summed E-state index contributed by atoms with van der Waals surface area (Å²) in [5.74, 6) is 0.136. The first-order valence-corrected chi connectivity index (χ1v) is 10.8. The number of aryl methyl sites for hydroxylation is 1. The van der Waals surface area contributed by atoms with Gasteiger partial charge in [0, 0.05) is 29.5 Å². The first-order valence-electron chi connectivity index (χ1n) is 9.60.